The summed E-state index contributed by atoms with van der Waals surface area (Å²) in [4.78, 5) is 10.5. The fraction of sp³-hybridized carbons (Fsp3) is 0.333. The van der Waals surface area contributed by atoms with Crippen LogP contribution < -0.4 is 10.6 Å². The lowest BCUT2D eigenvalue weighted by atomic mass is 10.2. The Kier molecular flexibility index (Phi) is 3.84. The van der Waals surface area contributed by atoms with Gasteiger partial charge in [0.15, 0.2) is 0 Å². The summed E-state index contributed by atoms with van der Waals surface area (Å²) in [5.74, 6) is 1.68. The number of rotatable bonds is 4. The van der Waals surface area contributed by atoms with Crippen LogP contribution >= 0.6 is 11.6 Å². The van der Waals surface area contributed by atoms with Crippen LogP contribution in [0.1, 0.15) is 11.4 Å². The van der Waals surface area contributed by atoms with Crippen LogP contribution in [0.15, 0.2) is 24.7 Å². The second kappa shape index (κ2) is 5.37. The Morgan fingerprint density at radius 1 is 1.39 bits per heavy atom. The Morgan fingerprint density at radius 2 is 2.17 bits per heavy atom. The zero-order valence-electron chi connectivity index (χ0n) is 10.5. The fourth-order valence-electron chi connectivity index (χ4n) is 1.73. The molecule has 2 aromatic rings. The van der Waals surface area contributed by atoms with E-state index >= 15 is 0 Å². The minimum Gasteiger partial charge on any atom is -0.351 e. The average Bonchev–Trinajstić information content (AvgIpc) is 2.75. The van der Waals surface area contributed by atoms with E-state index in [1.807, 2.05) is 35.8 Å². The van der Waals surface area contributed by atoms with Crippen molar-refractivity contribution in [3.8, 4) is 0 Å². The molecule has 2 N–H and O–H groups in total. The standard InChI is InChI=1S/C12H16ClN5/c1-17-6-5-15-10(17)8-18(2)12-11(13)9(7-14)3-4-16-12/h3-6H,7-8,14H2,1-2H3. The van der Waals surface area contributed by atoms with E-state index in [4.69, 9.17) is 17.3 Å². The Labute approximate surface area is 111 Å². The Hall–Kier alpha value is -1.59. The molecule has 0 saturated heterocycles. The van der Waals surface area contributed by atoms with Crippen molar-refractivity contribution in [3.63, 3.8) is 0 Å². The van der Waals surface area contributed by atoms with Crippen LogP contribution in [0.4, 0.5) is 5.82 Å². The predicted molar refractivity (Wildman–Crippen MR) is 72.5 cm³/mol. The molecule has 0 spiro atoms. The van der Waals surface area contributed by atoms with E-state index in [0.29, 0.717) is 18.1 Å². The molecule has 0 amide bonds. The lowest BCUT2D eigenvalue weighted by molar-refractivity contribution is 0.755. The van der Waals surface area contributed by atoms with Crippen LogP contribution in [0.25, 0.3) is 0 Å². The quantitative estimate of drug-likeness (QED) is 0.912. The molecular formula is C12H16ClN5. The molecule has 96 valence electrons. The molecule has 5 nitrogen and oxygen atoms in total. The van der Waals surface area contributed by atoms with Crippen molar-refractivity contribution >= 4 is 17.4 Å². The van der Waals surface area contributed by atoms with Gasteiger partial charge in [-0.05, 0) is 11.6 Å². The van der Waals surface area contributed by atoms with E-state index in [-0.39, 0.29) is 0 Å². The first-order chi connectivity index (χ1) is 8.63. The van der Waals surface area contributed by atoms with Gasteiger partial charge in [0, 0.05) is 39.2 Å². The molecular weight excluding hydrogens is 250 g/mol. The lowest BCUT2D eigenvalue weighted by Gasteiger charge is -2.20. The number of nitrogens with two attached hydrogens (primary N) is 1. The third-order valence-corrected chi connectivity index (χ3v) is 3.24. The van der Waals surface area contributed by atoms with Gasteiger partial charge in [0.05, 0.1) is 11.6 Å². The molecule has 6 heteroatoms. The van der Waals surface area contributed by atoms with Crippen LogP contribution in [0, 0.1) is 0 Å². The van der Waals surface area contributed by atoms with Gasteiger partial charge in [0.25, 0.3) is 0 Å². The molecule has 0 aromatic carbocycles. The van der Waals surface area contributed by atoms with Gasteiger partial charge in [-0.2, -0.15) is 0 Å². The van der Waals surface area contributed by atoms with Gasteiger partial charge < -0.3 is 15.2 Å². The van der Waals surface area contributed by atoms with Gasteiger partial charge in [-0.3, -0.25) is 0 Å². The van der Waals surface area contributed by atoms with Crippen molar-refractivity contribution < 1.29 is 0 Å². The van der Waals surface area contributed by atoms with Gasteiger partial charge in [0.1, 0.15) is 11.6 Å². The number of anilines is 1. The smallest absolute Gasteiger partial charge is 0.147 e. The van der Waals surface area contributed by atoms with Crippen LogP contribution in [0.5, 0.6) is 0 Å². The summed E-state index contributed by atoms with van der Waals surface area (Å²) >= 11 is 6.27. The summed E-state index contributed by atoms with van der Waals surface area (Å²) in [7, 11) is 3.89. The fourth-order valence-corrected chi connectivity index (χ4v) is 2.06. The third kappa shape index (κ3) is 2.47. The van der Waals surface area contributed by atoms with Crippen LogP contribution in [-0.2, 0) is 20.1 Å². The summed E-state index contributed by atoms with van der Waals surface area (Å²) in [6, 6.07) is 1.83. The summed E-state index contributed by atoms with van der Waals surface area (Å²) in [6.07, 6.45) is 5.40. The number of aromatic nitrogens is 3. The van der Waals surface area contributed by atoms with E-state index in [9.17, 15) is 0 Å². The minimum absolute atomic E-state index is 0.407. The van der Waals surface area contributed by atoms with E-state index in [1.54, 1.807) is 12.4 Å². The summed E-state index contributed by atoms with van der Waals surface area (Å²) in [5, 5.41) is 0.608. The Morgan fingerprint density at radius 3 is 2.78 bits per heavy atom. The van der Waals surface area contributed by atoms with E-state index in [2.05, 4.69) is 9.97 Å². The van der Waals surface area contributed by atoms with Gasteiger partial charge in [-0.1, -0.05) is 11.6 Å². The topological polar surface area (TPSA) is 60.0 Å². The molecule has 2 rings (SSSR count). The van der Waals surface area contributed by atoms with Crippen molar-refractivity contribution in [2.45, 2.75) is 13.1 Å². The highest BCUT2D eigenvalue weighted by Crippen LogP contribution is 2.26. The van der Waals surface area contributed by atoms with E-state index in [0.717, 1.165) is 17.2 Å². The maximum atomic E-state index is 6.27. The highest BCUT2D eigenvalue weighted by molar-refractivity contribution is 6.33. The first-order valence-corrected chi connectivity index (χ1v) is 6.02. The van der Waals surface area contributed by atoms with Gasteiger partial charge in [0.2, 0.25) is 0 Å². The number of pyridine rings is 1. The number of hydrogen-bond donors (Lipinski definition) is 1. The molecule has 0 radical (unpaired) electrons. The molecule has 18 heavy (non-hydrogen) atoms. The largest absolute Gasteiger partial charge is 0.351 e. The second-order valence-electron chi connectivity index (χ2n) is 4.12. The monoisotopic (exact) mass is 265 g/mol. The Bertz CT molecular complexity index is 537. The molecule has 0 fully saturated rings. The number of imidazole rings is 1. The SMILES string of the molecule is CN(Cc1nccn1C)c1nccc(CN)c1Cl. The summed E-state index contributed by atoms with van der Waals surface area (Å²) < 4.78 is 1.97. The normalized spacial score (nSPS) is 10.7. The number of halogens is 1. The van der Waals surface area contributed by atoms with Gasteiger partial charge in [-0.15, -0.1) is 0 Å². The molecule has 2 heterocycles. The highest BCUT2D eigenvalue weighted by atomic mass is 35.5. The number of nitrogens with zero attached hydrogens (tertiary/aromatic N) is 4. The zero-order chi connectivity index (χ0) is 13.1. The van der Waals surface area contributed by atoms with Crippen molar-refractivity contribution in [2.24, 2.45) is 12.8 Å². The molecule has 0 aliphatic carbocycles. The predicted octanol–water partition coefficient (Wildman–Crippen LogP) is 1.56. The van der Waals surface area contributed by atoms with E-state index < -0.39 is 0 Å². The average molecular weight is 266 g/mol. The number of hydrogen-bond acceptors (Lipinski definition) is 4. The lowest BCUT2D eigenvalue weighted by Crippen LogP contribution is -2.21. The van der Waals surface area contributed by atoms with Gasteiger partial charge in [-0.25, -0.2) is 9.97 Å². The second-order valence-corrected chi connectivity index (χ2v) is 4.50. The van der Waals surface area contributed by atoms with Crippen molar-refractivity contribution in [2.75, 3.05) is 11.9 Å². The molecule has 2 aromatic heterocycles. The maximum absolute atomic E-state index is 6.27. The molecule has 0 saturated carbocycles. The van der Waals surface area contributed by atoms with Crippen molar-refractivity contribution in [1.82, 2.24) is 14.5 Å². The van der Waals surface area contributed by atoms with Gasteiger partial charge >= 0.3 is 0 Å². The van der Waals surface area contributed by atoms with Crippen LogP contribution in [0.2, 0.25) is 5.02 Å². The molecule has 0 atom stereocenters. The van der Waals surface area contributed by atoms with Crippen molar-refractivity contribution in [1.29, 1.82) is 0 Å². The molecule has 0 bridgehead atoms. The maximum Gasteiger partial charge on any atom is 0.147 e. The highest BCUT2D eigenvalue weighted by Gasteiger charge is 2.12. The first kappa shape index (κ1) is 12.9. The third-order valence-electron chi connectivity index (χ3n) is 2.83. The zero-order valence-corrected chi connectivity index (χ0v) is 11.2. The van der Waals surface area contributed by atoms with Crippen LogP contribution in [-0.4, -0.2) is 21.6 Å². The first-order valence-electron chi connectivity index (χ1n) is 5.64. The van der Waals surface area contributed by atoms with Crippen molar-refractivity contribution in [3.05, 3.63) is 41.1 Å². The summed E-state index contributed by atoms with van der Waals surface area (Å²) in [6.45, 7) is 1.05. The van der Waals surface area contributed by atoms with E-state index in [1.165, 1.54) is 0 Å². The Balaban J connectivity index is 2.24. The number of aryl methyl sites for hydroxylation is 1. The minimum atomic E-state index is 0.407. The molecule has 0 unspecified atom stereocenters. The van der Waals surface area contributed by atoms with Crippen LogP contribution in [0.3, 0.4) is 0 Å². The summed E-state index contributed by atoms with van der Waals surface area (Å²) in [5.41, 5.74) is 6.53. The molecule has 0 aliphatic heterocycles. The molecule has 0 aliphatic rings.